The number of pyridine rings is 2. The predicted molar refractivity (Wildman–Crippen MR) is 65.6 cm³/mol. The van der Waals surface area contributed by atoms with Crippen molar-refractivity contribution in [1.29, 1.82) is 0 Å². The predicted octanol–water partition coefficient (Wildman–Crippen LogP) is 1.77. The van der Waals surface area contributed by atoms with Crippen molar-refractivity contribution in [2.45, 2.75) is 13.2 Å². The Labute approximate surface area is 101 Å². The van der Waals surface area contributed by atoms with Crippen LogP contribution in [-0.4, -0.2) is 17.0 Å². The monoisotopic (exact) mass is 229 g/mol. The van der Waals surface area contributed by atoms with Crippen LogP contribution in [0, 0.1) is 0 Å². The second kappa shape index (κ2) is 5.96. The molecule has 0 spiro atoms. The summed E-state index contributed by atoms with van der Waals surface area (Å²) in [5, 5.41) is 3.08. The number of hydrogen-bond donors (Lipinski definition) is 1. The molecule has 0 aliphatic heterocycles. The van der Waals surface area contributed by atoms with Crippen LogP contribution in [0.3, 0.4) is 0 Å². The van der Waals surface area contributed by atoms with Crippen molar-refractivity contribution in [3.8, 4) is 5.75 Å². The highest BCUT2D eigenvalue weighted by Gasteiger charge is 1.97. The van der Waals surface area contributed by atoms with Crippen molar-refractivity contribution in [2.75, 3.05) is 7.05 Å². The molecule has 2 heterocycles. The van der Waals surface area contributed by atoms with Gasteiger partial charge in [-0.15, -0.1) is 0 Å². The third kappa shape index (κ3) is 3.53. The SMILES string of the molecule is CNCc1ccc(COc2cccnc2)nc1. The van der Waals surface area contributed by atoms with Crippen LogP contribution < -0.4 is 10.1 Å². The van der Waals surface area contributed by atoms with Gasteiger partial charge in [-0.3, -0.25) is 9.97 Å². The van der Waals surface area contributed by atoms with Gasteiger partial charge in [0.2, 0.25) is 0 Å². The fourth-order valence-corrected chi connectivity index (χ4v) is 1.44. The molecule has 2 aromatic heterocycles. The summed E-state index contributed by atoms with van der Waals surface area (Å²) in [6, 6.07) is 7.75. The van der Waals surface area contributed by atoms with Crippen molar-refractivity contribution in [3.05, 3.63) is 54.1 Å². The molecule has 4 heteroatoms. The highest BCUT2D eigenvalue weighted by molar-refractivity contribution is 5.17. The third-order valence-electron chi connectivity index (χ3n) is 2.29. The summed E-state index contributed by atoms with van der Waals surface area (Å²) in [7, 11) is 1.92. The van der Waals surface area contributed by atoms with Gasteiger partial charge in [-0.1, -0.05) is 6.07 Å². The first-order valence-electron chi connectivity index (χ1n) is 5.50. The van der Waals surface area contributed by atoms with Crippen LogP contribution in [0.1, 0.15) is 11.3 Å². The van der Waals surface area contributed by atoms with Crippen LogP contribution in [-0.2, 0) is 13.2 Å². The van der Waals surface area contributed by atoms with Crippen molar-refractivity contribution in [2.24, 2.45) is 0 Å². The molecule has 0 radical (unpaired) electrons. The maximum Gasteiger partial charge on any atom is 0.138 e. The molecule has 0 atom stereocenters. The normalized spacial score (nSPS) is 10.2. The lowest BCUT2D eigenvalue weighted by Gasteiger charge is -2.05. The first-order chi connectivity index (χ1) is 8.38. The van der Waals surface area contributed by atoms with E-state index in [1.165, 1.54) is 0 Å². The zero-order valence-corrected chi connectivity index (χ0v) is 9.76. The largest absolute Gasteiger partial charge is 0.486 e. The third-order valence-corrected chi connectivity index (χ3v) is 2.29. The van der Waals surface area contributed by atoms with Gasteiger partial charge in [0.05, 0.1) is 11.9 Å². The van der Waals surface area contributed by atoms with Crippen LogP contribution in [0.25, 0.3) is 0 Å². The van der Waals surface area contributed by atoms with E-state index < -0.39 is 0 Å². The Morgan fingerprint density at radius 1 is 1.24 bits per heavy atom. The van der Waals surface area contributed by atoms with E-state index >= 15 is 0 Å². The molecular formula is C13H15N3O. The fourth-order valence-electron chi connectivity index (χ4n) is 1.44. The van der Waals surface area contributed by atoms with Crippen LogP contribution in [0.15, 0.2) is 42.9 Å². The minimum atomic E-state index is 0.464. The Hall–Kier alpha value is -1.94. The average Bonchev–Trinajstić information content (AvgIpc) is 2.40. The van der Waals surface area contributed by atoms with Gasteiger partial charge in [0.25, 0.3) is 0 Å². The summed E-state index contributed by atoms with van der Waals surface area (Å²) in [6.45, 7) is 1.29. The quantitative estimate of drug-likeness (QED) is 0.849. The maximum atomic E-state index is 5.55. The first-order valence-corrected chi connectivity index (χ1v) is 5.50. The molecule has 0 fully saturated rings. The van der Waals surface area contributed by atoms with Crippen molar-refractivity contribution in [3.63, 3.8) is 0 Å². The van der Waals surface area contributed by atoms with E-state index in [9.17, 15) is 0 Å². The molecule has 17 heavy (non-hydrogen) atoms. The van der Waals surface area contributed by atoms with Gasteiger partial charge in [-0.05, 0) is 30.8 Å². The smallest absolute Gasteiger partial charge is 0.138 e. The van der Waals surface area contributed by atoms with Gasteiger partial charge >= 0.3 is 0 Å². The zero-order valence-electron chi connectivity index (χ0n) is 9.76. The number of aromatic nitrogens is 2. The number of nitrogens with one attached hydrogen (secondary N) is 1. The van der Waals surface area contributed by atoms with E-state index in [1.54, 1.807) is 12.4 Å². The number of hydrogen-bond acceptors (Lipinski definition) is 4. The minimum Gasteiger partial charge on any atom is -0.486 e. The van der Waals surface area contributed by atoms with Crippen molar-refractivity contribution < 1.29 is 4.74 Å². The molecule has 2 rings (SSSR count). The summed E-state index contributed by atoms with van der Waals surface area (Å²) in [6.07, 6.45) is 5.27. The molecule has 0 amide bonds. The summed E-state index contributed by atoms with van der Waals surface area (Å²) in [4.78, 5) is 8.31. The number of nitrogens with zero attached hydrogens (tertiary/aromatic N) is 2. The minimum absolute atomic E-state index is 0.464. The molecule has 0 unspecified atom stereocenters. The van der Waals surface area contributed by atoms with Gasteiger partial charge in [0.1, 0.15) is 12.4 Å². The van der Waals surface area contributed by atoms with Gasteiger partial charge in [-0.2, -0.15) is 0 Å². The van der Waals surface area contributed by atoms with Gasteiger partial charge < -0.3 is 10.1 Å². The van der Waals surface area contributed by atoms with Crippen molar-refractivity contribution >= 4 is 0 Å². The zero-order chi connectivity index (χ0) is 11.9. The topological polar surface area (TPSA) is 47.0 Å². The van der Waals surface area contributed by atoms with E-state index in [4.69, 9.17) is 4.74 Å². The van der Waals surface area contributed by atoms with E-state index in [-0.39, 0.29) is 0 Å². The summed E-state index contributed by atoms with van der Waals surface area (Å²) in [5.41, 5.74) is 2.08. The Balaban J connectivity index is 1.91. The molecule has 2 aromatic rings. The highest BCUT2D eigenvalue weighted by Crippen LogP contribution is 2.09. The summed E-state index contributed by atoms with van der Waals surface area (Å²) >= 11 is 0. The molecule has 1 N–H and O–H groups in total. The molecule has 0 aromatic carbocycles. The lowest BCUT2D eigenvalue weighted by atomic mass is 10.2. The Kier molecular flexibility index (Phi) is 4.05. The lowest BCUT2D eigenvalue weighted by Crippen LogP contribution is -2.06. The number of rotatable bonds is 5. The Morgan fingerprint density at radius 2 is 2.18 bits per heavy atom. The molecule has 0 aliphatic rings. The fraction of sp³-hybridized carbons (Fsp3) is 0.231. The van der Waals surface area contributed by atoms with Crippen LogP contribution in [0.2, 0.25) is 0 Å². The van der Waals surface area contributed by atoms with Crippen LogP contribution in [0.4, 0.5) is 0 Å². The first kappa shape index (κ1) is 11.5. The Bertz CT molecular complexity index is 442. The number of ether oxygens (including phenoxy) is 1. The van der Waals surface area contributed by atoms with E-state index in [0.29, 0.717) is 6.61 Å². The molecule has 0 saturated heterocycles. The van der Waals surface area contributed by atoms with E-state index in [1.807, 2.05) is 37.5 Å². The van der Waals surface area contributed by atoms with Gasteiger partial charge in [-0.25, -0.2) is 0 Å². The molecule has 0 saturated carbocycles. The standard InChI is InChI=1S/C13H15N3O/c1-14-7-11-4-5-12(16-8-11)10-17-13-3-2-6-15-9-13/h2-6,8-9,14H,7,10H2,1H3. The molecule has 88 valence electrons. The summed E-state index contributed by atoms with van der Waals surface area (Å²) < 4.78 is 5.55. The second-order valence-electron chi connectivity index (χ2n) is 3.67. The second-order valence-corrected chi connectivity index (χ2v) is 3.67. The molecule has 4 nitrogen and oxygen atoms in total. The van der Waals surface area contributed by atoms with Gasteiger partial charge in [0, 0.05) is 18.9 Å². The Morgan fingerprint density at radius 3 is 2.82 bits per heavy atom. The average molecular weight is 229 g/mol. The lowest BCUT2D eigenvalue weighted by molar-refractivity contribution is 0.300. The van der Waals surface area contributed by atoms with Crippen molar-refractivity contribution in [1.82, 2.24) is 15.3 Å². The highest BCUT2D eigenvalue weighted by atomic mass is 16.5. The maximum absolute atomic E-state index is 5.55. The van der Waals surface area contributed by atoms with Crippen LogP contribution >= 0.6 is 0 Å². The van der Waals surface area contributed by atoms with E-state index in [0.717, 1.165) is 23.6 Å². The molecule has 0 aliphatic carbocycles. The van der Waals surface area contributed by atoms with E-state index in [2.05, 4.69) is 15.3 Å². The van der Waals surface area contributed by atoms with Crippen LogP contribution in [0.5, 0.6) is 5.75 Å². The molecular weight excluding hydrogens is 214 g/mol. The molecule has 0 bridgehead atoms. The van der Waals surface area contributed by atoms with Gasteiger partial charge in [0.15, 0.2) is 0 Å². The summed E-state index contributed by atoms with van der Waals surface area (Å²) in [5.74, 6) is 0.758.